The molecule has 9 atom stereocenters. The predicted octanol–water partition coefficient (Wildman–Crippen LogP) is 6.05. The van der Waals surface area contributed by atoms with Crippen LogP contribution in [0.25, 0.3) is 0 Å². The quantitative estimate of drug-likeness (QED) is 0.251. The molecule has 0 aromatic heterocycles. The van der Waals surface area contributed by atoms with Crippen molar-refractivity contribution in [2.75, 3.05) is 6.61 Å². The largest absolute Gasteiger partial charge is 0.458 e. The fraction of sp³-hybridized carbons (Fsp3) is 0.727. The Morgan fingerprint density at radius 1 is 1.16 bits per heavy atom. The van der Waals surface area contributed by atoms with Crippen LogP contribution in [0.3, 0.4) is 0 Å². The first-order valence-electron chi connectivity index (χ1n) is 15.1. The fourth-order valence-electron chi connectivity index (χ4n) is 8.53. The van der Waals surface area contributed by atoms with Gasteiger partial charge < -0.3 is 20.1 Å². The molecule has 38 heavy (non-hydrogen) atoms. The molecule has 0 bridgehead atoms. The van der Waals surface area contributed by atoms with Crippen molar-refractivity contribution >= 4 is 5.97 Å². The first-order valence-corrected chi connectivity index (χ1v) is 15.1. The Balaban J connectivity index is 1.46. The van der Waals surface area contributed by atoms with Crippen LogP contribution in [-0.2, 0) is 9.53 Å². The number of rotatable bonds is 9. The summed E-state index contributed by atoms with van der Waals surface area (Å²) in [6, 6.07) is 0. The maximum absolute atomic E-state index is 12.3. The molecule has 3 saturated carbocycles. The number of carbonyl (C=O) groups excluding carboxylic acids is 1. The summed E-state index contributed by atoms with van der Waals surface area (Å²) < 4.78 is 5.80. The van der Waals surface area contributed by atoms with Crippen molar-refractivity contribution in [3.8, 4) is 0 Å². The number of carbonyl (C=O) groups is 1. The maximum atomic E-state index is 12.3. The molecule has 0 radical (unpaired) electrons. The molecule has 5 heteroatoms. The van der Waals surface area contributed by atoms with Gasteiger partial charge in [0.1, 0.15) is 6.10 Å². The number of allylic oxidation sites excluding steroid dienone is 3. The number of fused-ring (bicyclic) bond motifs is 1. The molecular weight excluding hydrogens is 476 g/mol. The summed E-state index contributed by atoms with van der Waals surface area (Å²) in [5.74, 6) is 1.31. The van der Waals surface area contributed by atoms with Crippen molar-refractivity contribution in [3.05, 3.63) is 47.6 Å². The van der Waals surface area contributed by atoms with Gasteiger partial charge >= 0.3 is 5.97 Å². The summed E-state index contributed by atoms with van der Waals surface area (Å²) in [6.45, 7) is 15.3. The maximum Gasteiger partial charge on any atom is 0.334 e. The minimum absolute atomic E-state index is 0.0349. The van der Waals surface area contributed by atoms with Gasteiger partial charge in [-0.2, -0.15) is 0 Å². The summed E-state index contributed by atoms with van der Waals surface area (Å²) in [4.78, 5) is 12.3. The molecule has 0 aromatic rings. The first-order chi connectivity index (χ1) is 18.1. The lowest BCUT2D eigenvalue weighted by Gasteiger charge is -2.45. The summed E-state index contributed by atoms with van der Waals surface area (Å²) >= 11 is 0. The molecule has 4 rings (SSSR count). The van der Waals surface area contributed by atoms with E-state index in [1.807, 2.05) is 0 Å². The van der Waals surface area contributed by atoms with Crippen LogP contribution in [0.4, 0.5) is 0 Å². The molecule has 0 spiro atoms. The number of hydrogen-bond acceptors (Lipinski definition) is 5. The average Bonchev–Trinajstić information content (AvgIpc) is 3.37. The summed E-state index contributed by atoms with van der Waals surface area (Å²) in [5, 5.41) is 30.7. The average molecular weight is 527 g/mol. The van der Waals surface area contributed by atoms with Crippen molar-refractivity contribution in [1.29, 1.82) is 0 Å². The molecule has 3 aliphatic carbocycles. The smallest absolute Gasteiger partial charge is 0.334 e. The van der Waals surface area contributed by atoms with Gasteiger partial charge in [0, 0.05) is 24.0 Å². The van der Waals surface area contributed by atoms with E-state index < -0.39 is 12.2 Å². The summed E-state index contributed by atoms with van der Waals surface area (Å²) in [7, 11) is 0. The third-order valence-corrected chi connectivity index (χ3v) is 10.6. The third kappa shape index (κ3) is 5.62. The van der Waals surface area contributed by atoms with E-state index in [4.69, 9.17) is 9.84 Å². The third-order valence-electron chi connectivity index (χ3n) is 10.6. The lowest BCUT2D eigenvalue weighted by Crippen LogP contribution is -2.38. The SMILES string of the molecule is C=C1/C(=C/C=C2/CCC[C@]3(C)[C@@H](C(C)CC4OC(=O)C(=C)C4CCC)CC[C@@H]23)CC(O)C(CCCO)C1O. The zero-order chi connectivity index (χ0) is 27.6. The van der Waals surface area contributed by atoms with Crippen molar-refractivity contribution in [2.24, 2.45) is 35.0 Å². The zero-order valence-corrected chi connectivity index (χ0v) is 23.8. The van der Waals surface area contributed by atoms with Crippen LogP contribution < -0.4 is 0 Å². The van der Waals surface area contributed by atoms with E-state index in [2.05, 4.69) is 46.1 Å². The highest BCUT2D eigenvalue weighted by Crippen LogP contribution is 2.60. The molecule has 3 N–H and O–H groups in total. The minimum atomic E-state index is -0.763. The first kappa shape index (κ1) is 29.3. The van der Waals surface area contributed by atoms with Gasteiger partial charge in [0.15, 0.2) is 0 Å². The van der Waals surface area contributed by atoms with E-state index >= 15 is 0 Å². The van der Waals surface area contributed by atoms with Crippen molar-refractivity contribution in [3.63, 3.8) is 0 Å². The monoisotopic (exact) mass is 526 g/mol. The second-order valence-electron chi connectivity index (χ2n) is 12.9. The highest BCUT2D eigenvalue weighted by Gasteiger charge is 2.51. The molecule has 1 heterocycles. The van der Waals surface area contributed by atoms with Gasteiger partial charge in [-0.25, -0.2) is 4.79 Å². The van der Waals surface area contributed by atoms with Crippen LogP contribution in [0.15, 0.2) is 47.6 Å². The van der Waals surface area contributed by atoms with Gasteiger partial charge in [0.25, 0.3) is 0 Å². The summed E-state index contributed by atoms with van der Waals surface area (Å²) in [6.07, 6.45) is 13.4. The van der Waals surface area contributed by atoms with Gasteiger partial charge in [-0.05, 0) is 98.5 Å². The Morgan fingerprint density at radius 2 is 1.92 bits per heavy atom. The molecule has 6 unspecified atom stereocenters. The normalized spacial score (nSPS) is 40.6. The number of aliphatic hydroxyl groups is 3. The van der Waals surface area contributed by atoms with Crippen LogP contribution in [0, 0.1) is 35.0 Å². The van der Waals surface area contributed by atoms with Crippen LogP contribution in [0.5, 0.6) is 0 Å². The molecular formula is C33H50O5. The standard InChI is InChI=1S/C33H50O5/c1-6-9-25-22(4)32(37)38-30(25)18-20(2)27-14-15-28-23(10-7-16-33(27,28)5)12-13-24-19-29(35)26(11-8-17-34)31(36)21(24)3/h12-13,20,25-31,34-36H,3-4,6-11,14-19H2,1-2,5H3/b23-12-,24-13+/t20?,25?,26?,27-,28+,29?,30?,31?,33-/m1/s1. The van der Waals surface area contributed by atoms with E-state index in [-0.39, 0.29) is 35.9 Å². The van der Waals surface area contributed by atoms with Crippen molar-refractivity contribution < 1.29 is 24.9 Å². The predicted molar refractivity (Wildman–Crippen MR) is 151 cm³/mol. The van der Waals surface area contributed by atoms with E-state index in [1.165, 1.54) is 31.3 Å². The topological polar surface area (TPSA) is 87.0 Å². The molecule has 212 valence electrons. The second kappa shape index (κ2) is 12.2. The van der Waals surface area contributed by atoms with E-state index in [1.54, 1.807) is 0 Å². The van der Waals surface area contributed by atoms with Crippen LogP contribution >= 0.6 is 0 Å². The number of ether oxygens (including phenoxy) is 1. The number of cyclic esters (lactones) is 1. The zero-order valence-electron chi connectivity index (χ0n) is 23.8. The Kier molecular flexibility index (Phi) is 9.43. The van der Waals surface area contributed by atoms with Crippen LogP contribution in [-0.4, -0.2) is 46.2 Å². The lowest BCUT2D eigenvalue weighted by atomic mass is 9.60. The second-order valence-corrected chi connectivity index (χ2v) is 12.9. The molecule has 5 nitrogen and oxygen atoms in total. The molecule has 1 saturated heterocycles. The van der Waals surface area contributed by atoms with E-state index in [9.17, 15) is 15.0 Å². The van der Waals surface area contributed by atoms with Gasteiger partial charge in [-0.15, -0.1) is 0 Å². The molecule has 4 aliphatic rings. The van der Waals surface area contributed by atoms with E-state index in [0.717, 1.165) is 31.3 Å². The lowest BCUT2D eigenvalue weighted by molar-refractivity contribution is -0.140. The minimum Gasteiger partial charge on any atom is -0.458 e. The van der Waals surface area contributed by atoms with E-state index in [0.29, 0.717) is 48.2 Å². The van der Waals surface area contributed by atoms with Crippen molar-refractivity contribution in [1.82, 2.24) is 0 Å². The number of aliphatic hydroxyl groups excluding tert-OH is 3. The Bertz CT molecular complexity index is 962. The number of esters is 1. The molecule has 1 aliphatic heterocycles. The summed E-state index contributed by atoms with van der Waals surface area (Å²) in [5.41, 5.74) is 4.04. The van der Waals surface area contributed by atoms with Gasteiger partial charge in [0.2, 0.25) is 0 Å². The van der Waals surface area contributed by atoms with Gasteiger partial charge in [-0.3, -0.25) is 0 Å². The van der Waals surface area contributed by atoms with Gasteiger partial charge in [0.05, 0.1) is 12.2 Å². The van der Waals surface area contributed by atoms with Crippen molar-refractivity contribution in [2.45, 2.75) is 110 Å². The highest BCUT2D eigenvalue weighted by atomic mass is 16.6. The Labute approximate surface area is 229 Å². The Hall–Kier alpha value is -1.69. The molecule has 0 amide bonds. The molecule has 0 aromatic carbocycles. The van der Waals surface area contributed by atoms with Crippen LogP contribution in [0.1, 0.15) is 91.4 Å². The van der Waals surface area contributed by atoms with Gasteiger partial charge in [-0.1, -0.05) is 58.1 Å². The van der Waals surface area contributed by atoms with Crippen LogP contribution in [0.2, 0.25) is 0 Å². The fourth-order valence-corrected chi connectivity index (χ4v) is 8.53. The number of hydrogen-bond donors (Lipinski definition) is 3. The molecule has 4 fully saturated rings. The highest BCUT2D eigenvalue weighted by molar-refractivity contribution is 5.90. The Morgan fingerprint density at radius 3 is 2.63 bits per heavy atom.